The van der Waals surface area contributed by atoms with Crippen LogP contribution < -0.4 is 4.31 Å². The number of likely N-dealkylation sites (tertiary alicyclic amines) is 1. The Morgan fingerprint density at radius 2 is 1.62 bits per heavy atom. The van der Waals surface area contributed by atoms with E-state index in [4.69, 9.17) is 4.43 Å². The van der Waals surface area contributed by atoms with Crippen molar-refractivity contribution in [3.63, 3.8) is 0 Å². The molecule has 0 aromatic heterocycles. The van der Waals surface area contributed by atoms with E-state index in [2.05, 4.69) is 50.9 Å². The van der Waals surface area contributed by atoms with E-state index in [1.165, 1.54) is 5.56 Å². The number of sulfonamides is 1. The fourth-order valence-corrected chi connectivity index (χ4v) is 8.42. The summed E-state index contributed by atoms with van der Waals surface area (Å²) in [5.41, 5.74) is 1.94. The highest BCUT2D eigenvalue weighted by Crippen LogP contribution is 2.47. The predicted molar refractivity (Wildman–Crippen MR) is 134 cm³/mol. The molecule has 2 aromatic rings. The van der Waals surface area contributed by atoms with Gasteiger partial charge in [0.15, 0.2) is 8.32 Å². The van der Waals surface area contributed by atoms with Crippen LogP contribution in [0.2, 0.25) is 18.1 Å². The molecule has 0 radical (unpaired) electrons. The first-order valence-electron chi connectivity index (χ1n) is 11.5. The number of nitrogens with zero attached hydrogens (tertiary/aromatic N) is 2. The van der Waals surface area contributed by atoms with Crippen LogP contribution in [0, 0.1) is 0 Å². The van der Waals surface area contributed by atoms with E-state index in [9.17, 15) is 8.42 Å². The van der Waals surface area contributed by atoms with Crippen LogP contribution in [0.4, 0.5) is 5.69 Å². The van der Waals surface area contributed by atoms with Gasteiger partial charge in [0.2, 0.25) is 10.0 Å². The van der Waals surface area contributed by atoms with Crippen LogP contribution in [-0.2, 0) is 21.0 Å². The Kier molecular flexibility index (Phi) is 6.07. The van der Waals surface area contributed by atoms with Gasteiger partial charge in [-0.1, -0.05) is 69.3 Å². The van der Waals surface area contributed by atoms with Crippen LogP contribution in [0.1, 0.15) is 32.8 Å². The van der Waals surface area contributed by atoms with Crippen LogP contribution in [0.3, 0.4) is 0 Å². The minimum Gasteiger partial charge on any atom is -0.410 e. The topological polar surface area (TPSA) is 49.9 Å². The first kappa shape index (κ1) is 23.5. The van der Waals surface area contributed by atoms with Gasteiger partial charge >= 0.3 is 0 Å². The van der Waals surface area contributed by atoms with Crippen LogP contribution in [0.25, 0.3) is 0 Å². The van der Waals surface area contributed by atoms with Crippen molar-refractivity contribution in [1.82, 2.24) is 4.90 Å². The smallest absolute Gasteiger partial charge is 0.244 e. The molecular formula is C25H36N2O3SSi. The fraction of sp³-hybridized carbons (Fsp3) is 0.520. The number of rotatable bonds is 5. The Hall–Kier alpha value is -1.67. The summed E-state index contributed by atoms with van der Waals surface area (Å²) >= 11 is 0. The van der Waals surface area contributed by atoms with Gasteiger partial charge in [0.25, 0.3) is 0 Å². The van der Waals surface area contributed by atoms with E-state index < -0.39 is 23.1 Å². The van der Waals surface area contributed by atoms with Gasteiger partial charge < -0.3 is 4.43 Å². The highest BCUT2D eigenvalue weighted by atomic mass is 32.2. The lowest BCUT2D eigenvalue weighted by molar-refractivity contribution is 0.150. The van der Waals surface area contributed by atoms with E-state index in [-0.39, 0.29) is 11.1 Å². The van der Waals surface area contributed by atoms with Crippen molar-refractivity contribution in [2.45, 2.75) is 62.7 Å². The predicted octanol–water partition coefficient (Wildman–Crippen LogP) is 4.87. The van der Waals surface area contributed by atoms with Crippen LogP contribution >= 0.6 is 0 Å². The van der Waals surface area contributed by atoms with Crippen LogP contribution in [-0.4, -0.2) is 52.1 Å². The van der Waals surface area contributed by atoms with Gasteiger partial charge in [0, 0.05) is 19.6 Å². The lowest BCUT2D eigenvalue weighted by Crippen LogP contribution is -2.54. The maximum Gasteiger partial charge on any atom is 0.244 e. The molecule has 2 aliphatic heterocycles. The minimum absolute atomic E-state index is 0.0143. The average molecular weight is 473 g/mol. The summed E-state index contributed by atoms with van der Waals surface area (Å²) in [7, 11) is -5.75. The molecule has 2 unspecified atom stereocenters. The van der Waals surface area contributed by atoms with Crippen molar-refractivity contribution < 1.29 is 12.8 Å². The molecule has 2 fully saturated rings. The molecule has 1 spiro atoms. The molecule has 5 nitrogen and oxygen atoms in total. The largest absolute Gasteiger partial charge is 0.410 e. The number of anilines is 1. The van der Waals surface area contributed by atoms with E-state index in [0.29, 0.717) is 19.5 Å². The third kappa shape index (κ3) is 4.04. The van der Waals surface area contributed by atoms with E-state index in [1.54, 1.807) is 4.31 Å². The van der Waals surface area contributed by atoms with Crippen LogP contribution in [0.5, 0.6) is 0 Å². The summed E-state index contributed by atoms with van der Waals surface area (Å²) in [6.45, 7) is 13.5. The lowest BCUT2D eigenvalue weighted by Gasteiger charge is -2.41. The van der Waals surface area contributed by atoms with Gasteiger partial charge in [-0.3, -0.25) is 9.21 Å². The lowest BCUT2D eigenvalue weighted by atomic mass is 10.0. The van der Waals surface area contributed by atoms with Crippen molar-refractivity contribution in [2.24, 2.45) is 0 Å². The number of hydrogen-bond acceptors (Lipinski definition) is 4. The molecule has 0 aliphatic carbocycles. The van der Waals surface area contributed by atoms with Crippen molar-refractivity contribution >= 4 is 24.0 Å². The number of benzene rings is 2. The maximum absolute atomic E-state index is 14.1. The second-order valence-corrected chi connectivity index (χ2v) is 17.7. The molecule has 2 saturated heterocycles. The van der Waals surface area contributed by atoms with Gasteiger partial charge in [-0.15, -0.1) is 0 Å². The van der Waals surface area contributed by atoms with E-state index in [1.807, 2.05) is 48.5 Å². The molecule has 4 rings (SSSR count). The Balaban J connectivity index is 1.69. The van der Waals surface area contributed by atoms with E-state index >= 15 is 0 Å². The molecule has 0 bridgehead atoms. The molecule has 0 saturated carbocycles. The zero-order valence-corrected chi connectivity index (χ0v) is 21.7. The van der Waals surface area contributed by atoms with Crippen molar-refractivity contribution in [3.05, 3.63) is 66.2 Å². The molecule has 0 amide bonds. The quantitative estimate of drug-likeness (QED) is 0.583. The summed E-state index contributed by atoms with van der Waals surface area (Å²) < 4.78 is 35.8. The Bertz CT molecular complexity index is 1040. The molecule has 2 heterocycles. The van der Waals surface area contributed by atoms with Gasteiger partial charge in [0.1, 0.15) is 4.75 Å². The van der Waals surface area contributed by atoms with Crippen LogP contribution in [0.15, 0.2) is 60.7 Å². The first-order chi connectivity index (χ1) is 15.0. The van der Waals surface area contributed by atoms with Crippen molar-refractivity contribution in [3.8, 4) is 0 Å². The summed E-state index contributed by atoms with van der Waals surface area (Å²) in [5.74, 6) is 0. The number of hydrogen-bond donors (Lipinski definition) is 0. The maximum atomic E-state index is 14.1. The third-order valence-corrected chi connectivity index (χ3v) is 14.7. The van der Waals surface area contributed by atoms with Crippen molar-refractivity contribution in [1.29, 1.82) is 0 Å². The zero-order chi connectivity index (χ0) is 23.2. The Morgan fingerprint density at radius 1 is 1.03 bits per heavy atom. The zero-order valence-electron chi connectivity index (χ0n) is 19.9. The first-order valence-corrected chi connectivity index (χ1v) is 15.8. The monoisotopic (exact) mass is 472 g/mol. The van der Waals surface area contributed by atoms with Gasteiger partial charge in [-0.25, -0.2) is 8.42 Å². The standard InChI is InChI=1S/C25H36N2O3SSi/c1-24(2,3)32(4,5)30-23-19-27(22-14-10-7-11-15-22)31(28,29)25(23)16-17-26(20-25)18-21-12-8-6-9-13-21/h6-15,23H,16-20H2,1-5H3. The Labute approximate surface area is 194 Å². The Morgan fingerprint density at radius 3 is 2.22 bits per heavy atom. The molecule has 2 aromatic carbocycles. The highest BCUT2D eigenvalue weighted by molar-refractivity contribution is 7.94. The minimum atomic E-state index is -3.58. The molecular weight excluding hydrogens is 436 g/mol. The summed E-state index contributed by atoms with van der Waals surface area (Å²) in [4.78, 5) is 2.28. The number of para-hydroxylation sites is 1. The van der Waals surface area contributed by atoms with Gasteiger partial charge in [-0.2, -0.15) is 0 Å². The van der Waals surface area contributed by atoms with Crippen molar-refractivity contribution in [2.75, 3.05) is 23.9 Å². The average Bonchev–Trinajstić information content (AvgIpc) is 3.24. The fourth-order valence-electron chi connectivity index (χ4n) is 4.65. The second-order valence-electron chi connectivity index (χ2n) is 10.7. The molecule has 7 heteroatoms. The summed E-state index contributed by atoms with van der Waals surface area (Å²) in [6.07, 6.45) is 0.263. The summed E-state index contributed by atoms with van der Waals surface area (Å²) in [5, 5.41) is 0.0143. The van der Waals surface area contributed by atoms with Gasteiger partial charge in [0.05, 0.1) is 18.3 Å². The molecule has 2 aliphatic rings. The molecule has 32 heavy (non-hydrogen) atoms. The summed E-state index contributed by atoms with van der Waals surface area (Å²) in [6, 6.07) is 19.8. The third-order valence-electron chi connectivity index (χ3n) is 7.60. The second kappa shape index (κ2) is 8.28. The molecule has 0 N–H and O–H groups in total. The van der Waals surface area contributed by atoms with Gasteiger partial charge in [-0.05, 0) is 42.2 Å². The normalized spacial score (nSPS) is 26.2. The van der Waals surface area contributed by atoms with E-state index in [0.717, 1.165) is 18.8 Å². The molecule has 174 valence electrons. The highest BCUT2D eigenvalue weighted by Gasteiger charge is 2.63. The molecule has 2 atom stereocenters. The SMILES string of the molecule is CC(C)(C)[Si](C)(C)OC1CN(c2ccccc2)S(=O)(=O)C12CCN(Cc1ccccc1)C2.